The maximum Gasteiger partial charge on any atom is 0.123 e. The van der Waals surface area contributed by atoms with Crippen molar-refractivity contribution in [1.29, 1.82) is 0 Å². The first-order valence-corrected chi connectivity index (χ1v) is 11.7. The standard InChI is InChI=1S/C26H42O2/c1-3-4-5-6-7-8-9-10-11-12-13-14-15-16-18-24-19-17-20-25(21-24)27-22-26(2)23-28-26/h6-7,17,19-21H,3-5,8-16,18,22-23H2,1-2H3/b7-6+. The number of hydrogen-bond acceptors (Lipinski definition) is 2. The monoisotopic (exact) mass is 386 g/mol. The lowest BCUT2D eigenvalue weighted by molar-refractivity contribution is 0.202. The summed E-state index contributed by atoms with van der Waals surface area (Å²) < 4.78 is 11.2. The van der Waals surface area contributed by atoms with Gasteiger partial charge < -0.3 is 9.47 Å². The first-order chi connectivity index (χ1) is 13.7. The van der Waals surface area contributed by atoms with E-state index in [1.165, 1.54) is 82.6 Å². The molecule has 0 amide bonds. The average molecular weight is 387 g/mol. The summed E-state index contributed by atoms with van der Waals surface area (Å²) in [5.41, 5.74) is 1.35. The van der Waals surface area contributed by atoms with E-state index in [-0.39, 0.29) is 5.60 Å². The molecule has 1 atom stereocenters. The van der Waals surface area contributed by atoms with Crippen molar-refractivity contribution < 1.29 is 9.47 Å². The molecule has 1 unspecified atom stereocenters. The van der Waals surface area contributed by atoms with Gasteiger partial charge in [0.15, 0.2) is 0 Å². The molecule has 0 aliphatic carbocycles. The van der Waals surface area contributed by atoms with Crippen LogP contribution in [-0.4, -0.2) is 18.8 Å². The van der Waals surface area contributed by atoms with Gasteiger partial charge in [-0.05, 0) is 56.7 Å². The lowest BCUT2D eigenvalue weighted by atomic mass is 10.0. The van der Waals surface area contributed by atoms with E-state index >= 15 is 0 Å². The highest BCUT2D eigenvalue weighted by molar-refractivity contribution is 5.28. The fourth-order valence-electron chi connectivity index (χ4n) is 3.44. The van der Waals surface area contributed by atoms with Gasteiger partial charge in [0.2, 0.25) is 0 Å². The Labute approximate surface area is 173 Å². The lowest BCUT2D eigenvalue weighted by Gasteiger charge is -2.10. The zero-order valence-corrected chi connectivity index (χ0v) is 18.4. The van der Waals surface area contributed by atoms with E-state index in [1.807, 2.05) is 0 Å². The third-order valence-electron chi connectivity index (χ3n) is 5.56. The van der Waals surface area contributed by atoms with Crippen molar-refractivity contribution in [3.63, 3.8) is 0 Å². The molecular formula is C26H42O2. The van der Waals surface area contributed by atoms with E-state index in [2.05, 4.69) is 50.3 Å². The molecule has 0 aromatic heterocycles. The Hall–Kier alpha value is -1.28. The van der Waals surface area contributed by atoms with Crippen LogP contribution in [0.2, 0.25) is 0 Å². The third kappa shape index (κ3) is 10.9. The molecule has 1 heterocycles. The summed E-state index contributed by atoms with van der Waals surface area (Å²) in [7, 11) is 0. The number of allylic oxidation sites excluding steroid dienone is 2. The van der Waals surface area contributed by atoms with Gasteiger partial charge in [-0.25, -0.2) is 0 Å². The number of epoxide rings is 1. The Bertz CT molecular complexity index is 545. The predicted octanol–water partition coefficient (Wildman–Crippen LogP) is 7.65. The zero-order chi connectivity index (χ0) is 19.9. The first kappa shape index (κ1) is 23.0. The molecule has 0 bridgehead atoms. The van der Waals surface area contributed by atoms with E-state index in [0.29, 0.717) is 6.61 Å². The molecule has 1 aliphatic heterocycles. The van der Waals surface area contributed by atoms with Crippen molar-refractivity contribution in [2.45, 2.75) is 103 Å². The average Bonchev–Trinajstić information content (AvgIpc) is 3.45. The van der Waals surface area contributed by atoms with Gasteiger partial charge in [0.25, 0.3) is 0 Å². The smallest absolute Gasteiger partial charge is 0.123 e. The van der Waals surface area contributed by atoms with Crippen LogP contribution in [0, 0.1) is 0 Å². The normalized spacial score (nSPS) is 18.6. The number of unbranched alkanes of at least 4 members (excludes halogenated alkanes) is 10. The molecule has 0 spiro atoms. The molecule has 2 rings (SSSR count). The summed E-state index contributed by atoms with van der Waals surface area (Å²) in [6, 6.07) is 8.58. The number of hydrogen-bond donors (Lipinski definition) is 0. The van der Waals surface area contributed by atoms with Gasteiger partial charge in [-0.15, -0.1) is 0 Å². The second-order valence-electron chi connectivity index (χ2n) is 8.66. The number of benzene rings is 1. The highest BCUT2D eigenvalue weighted by atomic mass is 16.6. The maximum atomic E-state index is 5.87. The minimum atomic E-state index is -0.0403. The Morgan fingerprint density at radius 1 is 0.929 bits per heavy atom. The van der Waals surface area contributed by atoms with Crippen molar-refractivity contribution in [1.82, 2.24) is 0 Å². The van der Waals surface area contributed by atoms with Gasteiger partial charge in [-0.1, -0.05) is 82.6 Å². The van der Waals surface area contributed by atoms with Crippen LogP contribution in [0.5, 0.6) is 5.75 Å². The van der Waals surface area contributed by atoms with Crippen LogP contribution in [0.4, 0.5) is 0 Å². The van der Waals surface area contributed by atoms with Crippen LogP contribution >= 0.6 is 0 Å². The zero-order valence-electron chi connectivity index (χ0n) is 18.4. The fraction of sp³-hybridized carbons (Fsp3) is 0.692. The van der Waals surface area contributed by atoms with Crippen molar-refractivity contribution in [3.8, 4) is 5.75 Å². The SMILES string of the molecule is CCCC/C=C/CCCCCCCCCCc1cccc(OCC2(C)CO2)c1. The molecule has 1 aliphatic rings. The number of aryl methyl sites for hydroxylation is 1. The van der Waals surface area contributed by atoms with Gasteiger partial charge >= 0.3 is 0 Å². The van der Waals surface area contributed by atoms with Crippen molar-refractivity contribution >= 4 is 0 Å². The van der Waals surface area contributed by atoms with Crippen LogP contribution in [0.3, 0.4) is 0 Å². The van der Waals surface area contributed by atoms with Crippen LogP contribution in [0.25, 0.3) is 0 Å². The summed E-state index contributed by atoms with van der Waals surface area (Å²) in [6.45, 7) is 5.84. The Kier molecular flexibility index (Phi) is 11.4. The van der Waals surface area contributed by atoms with Crippen LogP contribution in [0.1, 0.15) is 96.5 Å². The van der Waals surface area contributed by atoms with E-state index < -0.39 is 0 Å². The fourth-order valence-corrected chi connectivity index (χ4v) is 3.44. The molecule has 2 heteroatoms. The van der Waals surface area contributed by atoms with E-state index in [1.54, 1.807) is 0 Å². The van der Waals surface area contributed by atoms with Crippen LogP contribution in [0.15, 0.2) is 36.4 Å². The molecule has 1 saturated heterocycles. The molecule has 2 nitrogen and oxygen atoms in total. The van der Waals surface area contributed by atoms with E-state index in [0.717, 1.165) is 18.8 Å². The van der Waals surface area contributed by atoms with E-state index in [4.69, 9.17) is 9.47 Å². The van der Waals surface area contributed by atoms with Crippen molar-refractivity contribution in [2.75, 3.05) is 13.2 Å². The van der Waals surface area contributed by atoms with Gasteiger partial charge in [-0.3, -0.25) is 0 Å². The van der Waals surface area contributed by atoms with E-state index in [9.17, 15) is 0 Å². The Balaban J connectivity index is 1.40. The summed E-state index contributed by atoms with van der Waals surface area (Å²) in [5, 5.41) is 0. The lowest BCUT2D eigenvalue weighted by Crippen LogP contribution is -2.16. The molecule has 1 aromatic carbocycles. The summed E-state index contributed by atoms with van der Waals surface area (Å²) in [4.78, 5) is 0. The van der Waals surface area contributed by atoms with Crippen molar-refractivity contribution in [2.24, 2.45) is 0 Å². The van der Waals surface area contributed by atoms with Crippen LogP contribution in [-0.2, 0) is 11.2 Å². The number of ether oxygens (including phenoxy) is 2. The predicted molar refractivity (Wildman–Crippen MR) is 120 cm³/mol. The third-order valence-corrected chi connectivity index (χ3v) is 5.56. The molecule has 28 heavy (non-hydrogen) atoms. The van der Waals surface area contributed by atoms with Gasteiger partial charge in [-0.2, -0.15) is 0 Å². The summed E-state index contributed by atoms with van der Waals surface area (Å²) >= 11 is 0. The second-order valence-corrected chi connectivity index (χ2v) is 8.66. The largest absolute Gasteiger partial charge is 0.490 e. The summed E-state index contributed by atoms with van der Waals surface area (Å²) in [5.74, 6) is 0.981. The van der Waals surface area contributed by atoms with Crippen LogP contribution < -0.4 is 4.74 Å². The number of rotatable bonds is 17. The molecule has 1 fully saturated rings. The molecule has 0 radical (unpaired) electrons. The Morgan fingerprint density at radius 3 is 2.25 bits per heavy atom. The molecular weight excluding hydrogens is 344 g/mol. The minimum Gasteiger partial charge on any atom is -0.490 e. The maximum absolute atomic E-state index is 5.87. The molecule has 0 N–H and O–H groups in total. The Morgan fingerprint density at radius 2 is 1.57 bits per heavy atom. The first-order valence-electron chi connectivity index (χ1n) is 11.7. The highest BCUT2D eigenvalue weighted by Crippen LogP contribution is 2.27. The summed E-state index contributed by atoms with van der Waals surface area (Å²) in [6.07, 6.45) is 22.1. The molecule has 1 aromatic rings. The molecule has 158 valence electrons. The van der Waals surface area contributed by atoms with Gasteiger partial charge in [0, 0.05) is 0 Å². The quantitative estimate of drug-likeness (QED) is 0.156. The molecule has 0 saturated carbocycles. The van der Waals surface area contributed by atoms with Gasteiger partial charge in [0.05, 0.1) is 6.61 Å². The second kappa shape index (κ2) is 13.8. The minimum absolute atomic E-state index is 0.0403. The van der Waals surface area contributed by atoms with Gasteiger partial charge in [0.1, 0.15) is 18.0 Å². The topological polar surface area (TPSA) is 21.8 Å². The van der Waals surface area contributed by atoms with Crippen molar-refractivity contribution in [3.05, 3.63) is 42.0 Å². The highest BCUT2D eigenvalue weighted by Gasteiger charge is 2.40.